The van der Waals surface area contributed by atoms with E-state index < -0.39 is 0 Å². The lowest BCUT2D eigenvalue weighted by molar-refractivity contribution is -0.00841. The molecule has 6 heteroatoms. The molecule has 6 nitrogen and oxygen atoms in total. The van der Waals surface area contributed by atoms with Crippen molar-refractivity contribution in [3.05, 3.63) is 0 Å². The Hall–Kier alpha value is -0.850. The van der Waals surface area contributed by atoms with Crippen molar-refractivity contribution in [3.63, 3.8) is 0 Å². The topological polar surface area (TPSA) is 60.0 Å². The number of carbonyl (C=O) groups is 1. The molecule has 3 rings (SSSR count). The second-order valence-corrected chi connectivity index (χ2v) is 7.17. The van der Waals surface area contributed by atoms with Gasteiger partial charge in [-0.25, -0.2) is 4.79 Å². The van der Waals surface area contributed by atoms with Crippen LogP contribution in [0.2, 0.25) is 0 Å². The summed E-state index contributed by atoms with van der Waals surface area (Å²) in [5.41, 5.74) is -0.174. The number of hydrogen-bond acceptors (Lipinski definition) is 4. The molecular formula is C17H30N2O4. The predicted molar refractivity (Wildman–Crippen MR) is 86.4 cm³/mol. The zero-order valence-electron chi connectivity index (χ0n) is 14.4. The molecule has 2 aliphatic heterocycles. The van der Waals surface area contributed by atoms with Crippen molar-refractivity contribution in [1.82, 2.24) is 10.2 Å². The summed E-state index contributed by atoms with van der Waals surface area (Å²) in [5.74, 6) is 0.639. The quantitative estimate of drug-likeness (QED) is 0.837. The Morgan fingerprint density at radius 2 is 2.09 bits per heavy atom. The molecule has 1 unspecified atom stereocenters. The Kier molecular flexibility index (Phi) is 5.44. The molecule has 2 amide bonds. The number of nitrogens with one attached hydrogen (secondary N) is 1. The number of hydrogen-bond donors (Lipinski definition) is 1. The molecule has 3 fully saturated rings. The zero-order valence-corrected chi connectivity index (χ0v) is 14.4. The van der Waals surface area contributed by atoms with Gasteiger partial charge in [-0.05, 0) is 39.0 Å². The van der Waals surface area contributed by atoms with Crippen molar-refractivity contribution in [2.24, 2.45) is 5.92 Å². The molecule has 0 spiro atoms. The summed E-state index contributed by atoms with van der Waals surface area (Å²) in [7, 11) is 0. The van der Waals surface area contributed by atoms with Crippen LogP contribution in [-0.4, -0.2) is 68.2 Å². The first kappa shape index (κ1) is 17.0. The average Bonchev–Trinajstić information content (AvgIpc) is 3.18. The number of rotatable bonds is 5. The minimum atomic E-state index is -0.174. The summed E-state index contributed by atoms with van der Waals surface area (Å²) >= 11 is 0. The summed E-state index contributed by atoms with van der Waals surface area (Å²) in [6, 6.07) is 0.365. The number of morpholine rings is 1. The van der Waals surface area contributed by atoms with E-state index in [4.69, 9.17) is 14.2 Å². The SMILES string of the molecule is CCO[C@@]1(C)C[C@H]1NC(=O)N1CCOCC1CC1CCOCC1. The first-order valence-corrected chi connectivity index (χ1v) is 8.99. The van der Waals surface area contributed by atoms with Crippen LogP contribution in [0.1, 0.15) is 39.5 Å². The van der Waals surface area contributed by atoms with Crippen LogP contribution in [0.3, 0.4) is 0 Å². The van der Waals surface area contributed by atoms with Gasteiger partial charge in [-0.2, -0.15) is 0 Å². The Morgan fingerprint density at radius 3 is 2.83 bits per heavy atom. The molecule has 132 valence electrons. The van der Waals surface area contributed by atoms with Gasteiger partial charge in [0.2, 0.25) is 0 Å². The summed E-state index contributed by atoms with van der Waals surface area (Å²) in [6.07, 6.45) is 4.11. The summed E-state index contributed by atoms with van der Waals surface area (Å²) in [5, 5.41) is 3.15. The molecule has 0 radical (unpaired) electrons. The highest BCUT2D eigenvalue weighted by atomic mass is 16.5. The van der Waals surface area contributed by atoms with Gasteiger partial charge in [-0.3, -0.25) is 0 Å². The van der Waals surface area contributed by atoms with Crippen LogP contribution in [0.5, 0.6) is 0 Å². The lowest BCUT2D eigenvalue weighted by atomic mass is 9.92. The Balaban J connectivity index is 1.52. The highest BCUT2D eigenvalue weighted by Gasteiger charge is 2.52. The monoisotopic (exact) mass is 326 g/mol. The average molecular weight is 326 g/mol. The highest BCUT2D eigenvalue weighted by molar-refractivity contribution is 5.75. The normalized spacial score (nSPS) is 35.1. The van der Waals surface area contributed by atoms with Gasteiger partial charge in [0, 0.05) is 32.8 Å². The van der Waals surface area contributed by atoms with Crippen molar-refractivity contribution in [1.29, 1.82) is 0 Å². The lowest BCUT2D eigenvalue weighted by Gasteiger charge is -2.38. The maximum Gasteiger partial charge on any atom is 0.318 e. The van der Waals surface area contributed by atoms with E-state index in [0.717, 1.165) is 38.9 Å². The van der Waals surface area contributed by atoms with E-state index in [2.05, 4.69) is 12.2 Å². The van der Waals surface area contributed by atoms with Crippen LogP contribution < -0.4 is 5.32 Å². The van der Waals surface area contributed by atoms with Gasteiger partial charge in [-0.1, -0.05) is 0 Å². The van der Waals surface area contributed by atoms with E-state index in [1.807, 2.05) is 11.8 Å². The lowest BCUT2D eigenvalue weighted by Crippen LogP contribution is -2.54. The third kappa shape index (κ3) is 4.17. The minimum Gasteiger partial charge on any atom is -0.381 e. The van der Waals surface area contributed by atoms with E-state index in [9.17, 15) is 4.79 Å². The van der Waals surface area contributed by atoms with Crippen molar-refractivity contribution >= 4 is 6.03 Å². The number of nitrogens with zero attached hydrogens (tertiary/aromatic N) is 1. The molecule has 2 saturated heterocycles. The minimum absolute atomic E-state index is 0.0405. The molecule has 1 saturated carbocycles. The predicted octanol–water partition coefficient (Wildman–Crippen LogP) is 1.78. The molecule has 0 aromatic rings. The van der Waals surface area contributed by atoms with Gasteiger partial charge in [0.05, 0.1) is 30.9 Å². The Bertz CT molecular complexity index is 413. The van der Waals surface area contributed by atoms with Crippen LogP contribution in [-0.2, 0) is 14.2 Å². The van der Waals surface area contributed by atoms with E-state index in [0.29, 0.717) is 32.3 Å². The molecule has 23 heavy (non-hydrogen) atoms. The fourth-order valence-electron chi connectivity index (χ4n) is 3.76. The van der Waals surface area contributed by atoms with E-state index in [1.165, 1.54) is 0 Å². The second kappa shape index (κ2) is 7.36. The molecule has 1 aliphatic carbocycles. The van der Waals surface area contributed by atoms with E-state index in [-0.39, 0.29) is 23.7 Å². The van der Waals surface area contributed by atoms with E-state index in [1.54, 1.807) is 0 Å². The maximum atomic E-state index is 12.7. The third-order valence-corrected chi connectivity index (χ3v) is 5.39. The molecule has 0 aromatic carbocycles. The van der Waals surface area contributed by atoms with Crippen LogP contribution >= 0.6 is 0 Å². The van der Waals surface area contributed by atoms with Crippen molar-refractivity contribution < 1.29 is 19.0 Å². The standard InChI is InChI=1S/C17H30N2O4/c1-3-23-17(2)11-15(17)18-16(20)19-6-9-22-12-14(19)10-13-4-7-21-8-5-13/h13-15H,3-12H2,1-2H3,(H,18,20)/t14?,15-,17+/m1/s1. The van der Waals surface area contributed by atoms with Crippen molar-refractivity contribution in [2.45, 2.75) is 57.2 Å². The molecule has 3 atom stereocenters. The summed E-state index contributed by atoms with van der Waals surface area (Å²) in [6.45, 7) is 8.40. The van der Waals surface area contributed by atoms with Crippen LogP contribution in [0.25, 0.3) is 0 Å². The van der Waals surface area contributed by atoms with Gasteiger partial charge in [-0.15, -0.1) is 0 Å². The van der Waals surface area contributed by atoms with Gasteiger partial charge in [0.1, 0.15) is 0 Å². The first-order valence-electron chi connectivity index (χ1n) is 8.99. The molecule has 0 aromatic heterocycles. The fourth-order valence-corrected chi connectivity index (χ4v) is 3.76. The molecule has 3 aliphatic rings. The Morgan fingerprint density at radius 1 is 1.30 bits per heavy atom. The second-order valence-electron chi connectivity index (χ2n) is 7.17. The highest BCUT2D eigenvalue weighted by Crippen LogP contribution is 2.39. The molecule has 2 heterocycles. The van der Waals surface area contributed by atoms with Gasteiger partial charge < -0.3 is 24.4 Å². The Labute approximate surface area is 138 Å². The number of amides is 2. The molecular weight excluding hydrogens is 296 g/mol. The number of ether oxygens (including phenoxy) is 3. The maximum absolute atomic E-state index is 12.7. The summed E-state index contributed by atoms with van der Waals surface area (Å²) < 4.78 is 16.8. The molecule has 0 bridgehead atoms. The number of carbonyl (C=O) groups excluding carboxylic acids is 1. The van der Waals surface area contributed by atoms with Crippen molar-refractivity contribution in [3.8, 4) is 0 Å². The van der Waals surface area contributed by atoms with E-state index >= 15 is 0 Å². The van der Waals surface area contributed by atoms with Gasteiger partial charge >= 0.3 is 6.03 Å². The van der Waals surface area contributed by atoms with Gasteiger partial charge in [0.25, 0.3) is 0 Å². The number of urea groups is 1. The first-order chi connectivity index (χ1) is 11.1. The largest absolute Gasteiger partial charge is 0.381 e. The molecule has 1 N–H and O–H groups in total. The van der Waals surface area contributed by atoms with Gasteiger partial charge in [0.15, 0.2) is 0 Å². The smallest absolute Gasteiger partial charge is 0.318 e. The van der Waals surface area contributed by atoms with Crippen LogP contribution in [0, 0.1) is 5.92 Å². The fraction of sp³-hybridized carbons (Fsp3) is 0.941. The summed E-state index contributed by atoms with van der Waals surface area (Å²) in [4.78, 5) is 14.6. The zero-order chi connectivity index (χ0) is 16.3. The third-order valence-electron chi connectivity index (χ3n) is 5.39. The van der Waals surface area contributed by atoms with Crippen LogP contribution in [0.15, 0.2) is 0 Å². The van der Waals surface area contributed by atoms with Crippen LogP contribution in [0.4, 0.5) is 4.79 Å². The van der Waals surface area contributed by atoms with Crippen molar-refractivity contribution in [2.75, 3.05) is 39.6 Å².